The molecule has 28 heavy (non-hydrogen) atoms. The van der Waals surface area contributed by atoms with Gasteiger partial charge in [-0.25, -0.2) is 0 Å². The number of benzene rings is 2. The van der Waals surface area contributed by atoms with Crippen LogP contribution in [-0.4, -0.2) is 53.7 Å². The van der Waals surface area contributed by atoms with E-state index in [-0.39, 0.29) is 5.91 Å². The highest BCUT2D eigenvalue weighted by molar-refractivity contribution is 6.39. The number of hydrogen-bond acceptors (Lipinski definition) is 4. The van der Waals surface area contributed by atoms with Crippen LogP contribution >= 0.6 is 0 Å². The van der Waals surface area contributed by atoms with Crippen molar-refractivity contribution in [1.82, 2.24) is 9.80 Å². The fourth-order valence-corrected chi connectivity index (χ4v) is 2.93. The number of anilines is 1. The van der Waals surface area contributed by atoms with Gasteiger partial charge in [0.15, 0.2) is 0 Å². The monoisotopic (exact) mass is 381 g/mol. The molecule has 2 aromatic carbocycles. The smallest absolute Gasteiger partial charge is 0.313 e. The van der Waals surface area contributed by atoms with Crippen LogP contribution in [0.2, 0.25) is 0 Å². The molecule has 0 bridgehead atoms. The van der Waals surface area contributed by atoms with Gasteiger partial charge in [-0.2, -0.15) is 0 Å². The fourth-order valence-electron chi connectivity index (χ4n) is 2.93. The van der Waals surface area contributed by atoms with Crippen molar-refractivity contribution in [1.29, 1.82) is 0 Å². The van der Waals surface area contributed by atoms with Gasteiger partial charge in [-0.05, 0) is 29.8 Å². The Morgan fingerprint density at radius 2 is 1.50 bits per heavy atom. The zero-order chi connectivity index (χ0) is 19.9. The average Bonchev–Trinajstić information content (AvgIpc) is 2.73. The van der Waals surface area contributed by atoms with Crippen LogP contribution in [0, 0.1) is 0 Å². The Hall–Kier alpha value is -3.35. The Bertz CT molecular complexity index is 828. The maximum Gasteiger partial charge on any atom is 0.313 e. The van der Waals surface area contributed by atoms with Gasteiger partial charge < -0.3 is 19.9 Å². The lowest BCUT2D eigenvalue weighted by atomic mass is 10.2. The molecule has 1 saturated heterocycles. The zero-order valence-corrected chi connectivity index (χ0v) is 15.8. The highest BCUT2D eigenvalue weighted by atomic mass is 16.5. The molecule has 0 atom stereocenters. The van der Waals surface area contributed by atoms with Crippen LogP contribution in [-0.2, 0) is 21.0 Å². The summed E-state index contributed by atoms with van der Waals surface area (Å²) in [7, 11) is 0. The molecule has 3 rings (SSSR count). The van der Waals surface area contributed by atoms with Gasteiger partial charge in [0.25, 0.3) is 0 Å². The maximum absolute atomic E-state index is 12.3. The molecule has 7 heteroatoms. The average molecular weight is 381 g/mol. The van der Waals surface area contributed by atoms with Gasteiger partial charge >= 0.3 is 11.8 Å². The van der Waals surface area contributed by atoms with Gasteiger partial charge in [-0.1, -0.05) is 30.3 Å². The van der Waals surface area contributed by atoms with Gasteiger partial charge in [0.05, 0.1) is 0 Å². The molecule has 1 N–H and O–H groups in total. The van der Waals surface area contributed by atoms with Crippen LogP contribution in [0.25, 0.3) is 0 Å². The molecular formula is C21H23N3O4. The summed E-state index contributed by atoms with van der Waals surface area (Å²) in [6.07, 6.45) is 0. The van der Waals surface area contributed by atoms with E-state index in [1.807, 2.05) is 30.3 Å². The van der Waals surface area contributed by atoms with Crippen LogP contribution in [0.1, 0.15) is 12.5 Å². The van der Waals surface area contributed by atoms with Crippen molar-refractivity contribution in [2.24, 2.45) is 0 Å². The van der Waals surface area contributed by atoms with Crippen molar-refractivity contribution < 1.29 is 19.1 Å². The fraction of sp³-hybridized carbons (Fsp3) is 0.286. The first kappa shape index (κ1) is 19.4. The summed E-state index contributed by atoms with van der Waals surface area (Å²) in [6.45, 7) is 3.56. The number of nitrogens with zero attached hydrogens (tertiary/aromatic N) is 2. The van der Waals surface area contributed by atoms with E-state index < -0.39 is 11.8 Å². The normalized spacial score (nSPS) is 13.8. The molecule has 146 valence electrons. The summed E-state index contributed by atoms with van der Waals surface area (Å²) in [5.74, 6) is -0.624. The third-order valence-electron chi connectivity index (χ3n) is 4.57. The highest BCUT2D eigenvalue weighted by Gasteiger charge is 2.26. The van der Waals surface area contributed by atoms with Crippen molar-refractivity contribution in [2.45, 2.75) is 13.5 Å². The Balaban J connectivity index is 1.48. The van der Waals surface area contributed by atoms with Crippen molar-refractivity contribution in [3.8, 4) is 5.75 Å². The lowest BCUT2D eigenvalue weighted by Gasteiger charge is -2.33. The van der Waals surface area contributed by atoms with E-state index in [9.17, 15) is 14.4 Å². The molecule has 7 nitrogen and oxygen atoms in total. The Morgan fingerprint density at radius 3 is 2.11 bits per heavy atom. The number of nitrogens with one attached hydrogen (secondary N) is 1. The van der Waals surface area contributed by atoms with Gasteiger partial charge in [0, 0.05) is 38.8 Å². The summed E-state index contributed by atoms with van der Waals surface area (Å²) < 4.78 is 5.70. The number of ether oxygens (including phenoxy) is 1. The molecular weight excluding hydrogens is 358 g/mol. The van der Waals surface area contributed by atoms with E-state index in [0.29, 0.717) is 44.2 Å². The van der Waals surface area contributed by atoms with E-state index in [2.05, 4.69) is 5.32 Å². The molecule has 0 spiro atoms. The SMILES string of the molecule is CC(=O)N1CCN(C(=O)C(=O)Nc2ccc(OCc3ccccc3)cc2)CC1. The van der Waals surface area contributed by atoms with E-state index >= 15 is 0 Å². The van der Waals surface area contributed by atoms with Gasteiger partial charge in [-0.15, -0.1) is 0 Å². The van der Waals surface area contributed by atoms with E-state index in [1.54, 1.807) is 29.2 Å². The molecule has 2 aromatic rings. The zero-order valence-electron chi connectivity index (χ0n) is 15.8. The topological polar surface area (TPSA) is 79.0 Å². The highest BCUT2D eigenvalue weighted by Crippen LogP contribution is 2.17. The second kappa shape index (κ2) is 9.03. The first-order valence-corrected chi connectivity index (χ1v) is 9.15. The van der Waals surface area contributed by atoms with E-state index in [0.717, 1.165) is 5.56 Å². The number of amides is 3. The van der Waals surface area contributed by atoms with Crippen molar-refractivity contribution in [2.75, 3.05) is 31.5 Å². The Labute approximate surface area is 163 Å². The second-order valence-electron chi connectivity index (χ2n) is 6.55. The summed E-state index contributed by atoms with van der Waals surface area (Å²) in [4.78, 5) is 39.0. The Morgan fingerprint density at radius 1 is 0.893 bits per heavy atom. The second-order valence-corrected chi connectivity index (χ2v) is 6.55. The van der Waals surface area contributed by atoms with Crippen LogP contribution < -0.4 is 10.1 Å². The van der Waals surface area contributed by atoms with Crippen molar-refractivity contribution in [3.05, 3.63) is 60.2 Å². The third kappa shape index (κ3) is 5.09. The summed E-state index contributed by atoms with van der Waals surface area (Å²) in [6, 6.07) is 16.7. The largest absolute Gasteiger partial charge is 0.489 e. The van der Waals surface area contributed by atoms with E-state index in [1.165, 1.54) is 11.8 Å². The molecule has 0 aromatic heterocycles. The minimum absolute atomic E-state index is 0.0221. The van der Waals surface area contributed by atoms with Crippen LogP contribution in [0.4, 0.5) is 5.69 Å². The third-order valence-corrected chi connectivity index (χ3v) is 4.57. The molecule has 1 aliphatic heterocycles. The minimum Gasteiger partial charge on any atom is -0.489 e. The number of hydrogen-bond donors (Lipinski definition) is 1. The van der Waals surface area contributed by atoms with Gasteiger partial charge in [0.2, 0.25) is 5.91 Å². The molecule has 1 heterocycles. The molecule has 0 unspecified atom stereocenters. The number of carbonyl (C=O) groups excluding carboxylic acids is 3. The number of rotatable bonds is 4. The molecule has 0 aliphatic carbocycles. The predicted octanol–water partition coefficient (Wildman–Crippen LogP) is 1.89. The first-order valence-electron chi connectivity index (χ1n) is 9.15. The quantitative estimate of drug-likeness (QED) is 0.821. The van der Waals surface area contributed by atoms with Gasteiger partial charge in [0.1, 0.15) is 12.4 Å². The van der Waals surface area contributed by atoms with Crippen molar-refractivity contribution >= 4 is 23.4 Å². The van der Waals surface area contributed by atoms with Crippen LogP contribution in [0.5, 0.6) is 5.75 Å². The molecule has 0 saturated carbocycles. The van der Waals surface area contributed by atoms with Crippen LogP contribution in [0.3, 0.4) is 0 Å². The molecule has 1 aliphatic rings. The number of carbonyl (C=O) groups is 3. The predicted molar refractivity (Wildman–Crippen MR) is 105 cm³/mol. The lowest BCUT2D eigenvalue weighted by Crippen LogP contribution is -2.52. The Kier molecular flexibility index (Phi) is 6.26. The number of piperazine rings is 1. The molecule has 1 fully saturated rings. The van der Waals surface area contributed by atoms with Crippen LogP contribution in [0.15, 0.2) is 54.6 Å². The molecule has 3 amide bonds. The minimum atomic E-state index is -0.686. The maximum atomic E-state index is 12.3. The van der Waals surface area contributed by atoms with E-state index in [4.69, 9.17) is 4.74 Å². The first-order chi connectivity index (χ1) is 13.5. The summed E-state index contributed by atoms with van der Waals surface area (Å²) in [5, 5.41) is 2.61. The lowest BCUT2D eigenvalue weighted by molar-refractivity contribution is -0.145. The van der Waals surface area contributed by atoms with Crippen molar-refractivity contribution in [3.63, 3.8) is 0 Å². The summed E-state index contributed by atoms with van der Waals surface area (Å²) in [5.41, 5.74) is 1.59. The standard InChI is InChI=1S/C21H23N3O4/c1-16(25)23-11-13-24(14-12-23)21(27)20(26)22-18-7-9-19(10-8-18)28-15-17-5-3-2-4-6-17/h2-10H,11-15H2,1H3,(H,22,26). The summed E-state index contributed by atoms with van der Waals surface area (Å²) >= 11 is 0. The van der Waals surface area contributed by atoms with Gasteiger partial charge in [-0.3, -0.25) is 14.4 Å². The molecule has 0 radical (unpaired) electrons.